The van der Waals surface area contributed by atoms with Gasteiger partial charge in [-0.25, -0.2) is 0 Å². The molecule has 0 saturated carbocycles. The zero-order chi connectivity index (χ0) is 18.7. The summed E-state index contributed by atoms with van der Waals surface area (Å²) >= 11 is 0. The van der Waals surface area contributed by atoms with Gasteiger partial charge >= 0.3 is 0 Å². The van der Waals surface area contributed by atoms with E-state index in [4.69, 9.17) is 0 Å². The molecule has 27 heavy (non-hydrogen) atoms. The summed E-state index contributed by atoms with van der Waals surface area (Å²) in [6.45, 7) is 0. The number of carbonyl (C=O) groups is 2. The molecule has 0 spiro atoms. The summed E-state index contributed by atoms with van der Waals surface area (Å²) in [6.07, 6.45) is 4.28. The fourth-order valence-corrected chi connectivity index (χ4v) is 7.89. The van der Waals surface area contributed by atoms with Crippen molar-refractivity contribution in [1.82, 2.24) is 0 Å². The van der Waals surface area contributed by atoms with Crippen LogP contribution in [-0.4, -0.2) is 11.6 Å². The van der Waals surface area contributed by atoms with Crippen LogP contribution in [0.4, 0.5) is 0 Å². The Kier molecular flexibility index (Phi) is 4.66. The molecule has 0 amide bonds. The number of ketones is 2. The Morgan fingerprint density at radius 3 is 1.33 bits per heavy atom. The van der Waals surface area contributed by atoms with Crippen molar-refractivity contribution in [2.45, 2.75) is 0 Å². The lowest BCUT2D eigenvalue weighted by Gasteiger charge is -2.28. The molecular weight excluding hydrogens is 351 g/mol. The summed E-state index contributed by atoms with van der Waals surface area (Å²) < 4.78 is 0. The molecule has 4 rings (SSSR count). The fraction of sp³-hybridized carbons (Fsp3) is 0. The van der Waals surface area contributed by atoms with Crippen molar-refractivity contribution >= 4 is 34.7 Å². The first kappa shape index (κ1) is 17.3. The Labute approximate surface area is 159 Å². The first-order valence-electron chi connectivity index (χ1n) is 8.77. The molecule has 0 unspecified atom stereocenters. The second-order valence-corrected chi connectivity index (χ2v) is 9.68. The molecule has 1 aliphatic carbocycles. The molecule has 1 aliphatic rings. The number of allylic oxidation sites excluding steroid dienone is 4. The Balaban J connectivity index is 2.14. The molecule has 0 saturated heterocycles. The van der Waals surface area contributed by atoms with Crippen LogP contribution in [0.25, 0.3) is 0 Å². The Morgan fingerprint density at radius 1 is 0.519 bits per heavy atom. The van der Waals surface area contributed by atoms with Crippen molar-refractivity contribution in [2.75, 3.05) is 0 Å². The minimum Gasteiger partial charge on any atom is -0.290 e. The Bertz CT molecular complexity index is 939. The molecule has 0 bridgehead atoms. The van der Waals surface area contributed by atoms with Gasteiger partial charge < -0.3 is 0 Å². The molecule has 3 aromatic carbocycles. The summed E-state index contributed by atoms with van der Waals surface area (Å²) in [4.78, 5) is 25.3. The Morgan fingerprint density at radius 2 is 0.926 bits per heavy atom. The van der Waals surface area contributed by atoms with E-state index in [0.29, 0.717) is 5.31 Å². The lowest BCUT2D eigenvalue weighted by Crippen LogP contribution is -2.35. The third-order valence-electron chi connectivity index (χ3n) is 4.72. The molecule has 0 fully saturated rings. The van der Waals surface area contributed by atoms with E-state index < -0.39 is 7.26 Å². The maximum absolute atomic E-state index is 13.0. The van der Waals surface area contributed by atoms with Gasteiger partial charge in [0.25, 0.3) is 0 Å². The first-order chi connectivity index (χ1) is 13.2. The number of benzene rings is 3. The molecule has 3 heteroatoms. The van der Waals surface area contributed by atoms with Crippen molar-refractivity contribution < 1.29 is 9.59 Å². The van der Waals surface area contributed by atoms with E-state index in [2.05, 4.69) is 36.4 Å². The highest BCUT2D eigenvalue weighted by Crippen LogP contribution is 2.63. The highest BCUT2D eigenvalue weighted by molar-refractivity contribution is 7.99. The molecule has 0 N–H and O–H groups in total. The van der Waals surface area contributed by atoms with Crippen molar-refractivity contribution in [3.05, 3.63) is 115 Å². The second-order valence-electron chi connectivity index (χ2n) is 6.31. The number of rotatable bonds is 4. The van der Waals surface area contributed by atoms with Gasteiger partial charge in [-0.1, -0.05) is 54.6 Å². The van der Waals surface area contributed by atoms with E-state index in [9.17, 15) is 9.59 Å². The van der Waals surface area contributed by atoms with Crippen LogP contribution in [-0.2, 0) is 9.59 Å². The van der Waals surface area contributed by atoms with Crippen LogP contribution in [0.5, 0.6) is 0 Å². The molecule has 0 atom stereocenters. The van der Waals surface area contributed by atoms with Gasteiger partial charge in [0, 0.05) is 6.08 Å². The van der Waals surface area contributed by atoms with E-state index in [-0.39, 0.29) is 11.6 Å². The summed E-state index contributed by atoms with van der Waals surface area (Å²) in [5.41, 5.74) is 0. The van der Waals surface area contributed by atoms with E-state index in [1.54, 1.807) is 0 Å². The van der Waals surface area contributed by atoms with Crippen LogP contribution in [0.3, 0.4) is 0 Å². The van der Waals surface area contributed by atoms with Crippen LogP contribution >= 0.6 is 7.26 Å². The van der Waals surface area contributed by atoms with Crippen LogP contribution in [0.1, 0.15) is 0 Å². The van der Waals surface area contributed by atoms with Gasteiger partial charge in [-0.3, -0.25) is 9.59 Å². The number of hydrogen-bond donors (Lipinski definition) is 0. The van der Waals surface area contributed by atoms with E-state index >= 15 is 0 Å². The highest BCUT2D eigenvalue weighted by atomic mass is 31.2. The lowest BCUT2D eigenvalue weighted by atomic mass is 10.2. The average molecular weight is 369 g/mol. The van der Waals surface area contributed by atoms with Crippen LogP contribution < -0.4 is 15.9 Å². The number of hydrogen-bond acceptors (Lipinski definition) is 2. The van der Waals surface area contributed by atoms with Gasteiger partial charge in [0.15, 0.2) is 11.1 Å². The van der Waals surface area contributed by atoms with Crippen molar-refractivity contribution in [3.63, 3.8) is 0 Å². The lowest BCUT2D eigenvalue weighted by molar-refractivity contribution is -0.114. The third-order valence-corrected chi connectivity index (χ3v) is 9.01. The maximum Gasteiger partial charge on any atom is 0.222 e. The minimum atomic E-state index is -2.48. The molecule has 3 aromatic rings. The predicted octanol–water partition coefficient (Wildman–Crippen LogP) is 3.57. The van der Waals surface area contributed by atoms with Gasteiger partial charge in [-0.15, -0.1) is 0 Å². The molecule has 130 valence electrons. The monoisotopic (exact) mass is 369 g/mol. The summed E-state index contributed by atoms with van der Waals surface area (Å²) in [6, 6.07) is 30.2. The van der Waals surface area contributed by atoms with Crippen molar-refractivity contribution in [2.24, 2.45) is 0 Å². The maximum atomic E-state index is 13.0. The number of carbonyl (C=O) groups excluding carboxylic acids is 2. The van der Waals surface area contributed by atoms with Crippen molar-refractivity contribution in [3.8, 4) is 0 Å². The van der Waals surface area contributed by atoms with Crippen LogP contribution in [0.15, 0.2) is 115 Å². The standard InChI is InChI=1S/C24H18O2P/c25-19-16-17-23(26)24(18-19)27(20-10-4-1-5-11-20,21-12-6-2-7-13-21)22-14-8-3-9-15-22/h1-18H/q+1. The van der Waals surface area contributed by atoms with Crippen LogP contribution in [0.2, 0.25) is 0 Å². The topological polar surface area (TPSA) is 34.1 Å². The van der Waals surface area contributed by atoms with E-state index in [0.717, 1.165) is 15.9 Å². The average Bonchev–Trinajstić information content (AvgIpc) is 2.73. The molecule has 0 radical (unpaired) electrons. The first-order valence-corrected chi connectivity index (χ1v) is 10.6. The molecule has 0 aromatic heterocycles. The smallest absolute Gasteiger partial charge is 0.222 e. The van der Waals surface area contributed by atoms with Gasteiger partial charge in [0.1, 0.15) is 23.2 Å². The van der Waals surface area contributed by atoms with E-state index in [1.807, 2.05) is 54.6 Å². The summed E-state index contributed by atoms with van der Waals surface area (Å²) in [5, 5.41) is 3.76. The predicted molar refractivity (Wildman–Crippen MR) is 112 cm³/mol. The molecule has 0 heterocycles. The summed E-state index contributed by atoms with van der Waals surface area (Å²) in [5.74, 6) is -0.240. The van der Waals surface area contributed by atoms with Gasteiger partial charge in [0.2, 0.25) is 5.78 Å². The van der Waals surface area contributed by atoms with Gasteiger partial charge in [-0.2, -0.15) is 0 Å². The highest BCUT2D eigenvalue weighted by Gasteiger charge is 2.52. The fourth-order valence-electron chi connectivity index (χ4n) is 3.58. The largest absolute Gasteiger partial charge is 0.290 e. The molecular formula is C24H18O2P+. The Hall–Kier alpha value is -3.09. The SMILES string of the molecule is O=C1C=CC(=O)C([P+](c2ccccc2)(c2ccccc2)c2ccccc2)=C1. The minimum absolute atomic E-state index is 0.0977. The second kappa shape index (κ2) is 7.26. The zero-order valence-corrected chi connectivity index (χ0v) is 15.6. The quantitative estimate of drug-likeness (QED) is 0.520. The van der Waals surface area contributed by atoms with Gasteiger partial charge in [0.05, 0.1) is 0 Å². The van der Waals surface area contributed by atoms with Gasteiger partial charge in [-0.05, 0) is 48.6 Å². The van der Waals surface area contributed by atoms with Crippen LogP contribution in [0, 0.1) is 0 Å². The normalized spacial score (nSPS) is 14.1. The molecule has 0 aliphatic heterocycles. The summed E-state index contributed by atoms with van der Waals surface area (Å²) in [7, 11) is -2.48. The van der Waals surface area contributed by atoms with Crippen molar-refractivity contribution in [1.29, 1.82) is 0 Å². The van der Waals surface area contributed by atoms with E-state index in [1.165, 1.54) is 18.2 Å². The third kappa shape index (κ3) is 2.99. The molecule has 2 nitrogen and oxygen atoms in total. The zero-order valence-electron chi connectivity index (χ0n) is 14.7.